The lowest BCUT2D eigenvalue weighted by Gasteiger charge is -2.37. The molecule has 0 atom stereocenters. The molecule has 7 rings (SSSR count). The highest BCUT2D eigenvalue weighted by Crippen LogP contribution is 2.46. The van der Waals surface area contributed by atoms with Gasteiger partial charge >= 0.3 is 0 Å². The molecule has 3 heteroatoms. The minimum atomic E-state index is -0.809. The Kier molecular flexibility index (Phi) is 7.82. The van der Waals surface area contributed by atoms with E-state index in [1.54, 1.807) is 36.4 Å². The minimum absolute atomic E-state index is 0.281. The van der Waals surface area contributed by atoms with Crippen molar-refractivity contribution in [1.82, 2.24) is 0 Å². The normalized spacial score (nSPS) is 11.4. The van der Waals surface area contributed by atoms with Crippen LogP contribution in [0.3, 0.4) is 0 Å². The summed E-state index contributed by atoms with van der Waals surface area (Å²) in [7, 11) is 0. The molecule has 0 nitrogen and oxygen atoms in total. The SMILES string of the molecule is Fc1ccccc1-c1ccc(C(c2ccccc2)(c2ccc(-c3ccccc3F)cc2)c2ccc(-c3ccccc3F)cc2)cc1. The second-order valence-corrected chi connectivity index (χ2v) is 11.3. The maximum Gasteiger partial charge on any atom is 0.131 e. The van der Waals surface area contributed by atoms with Gasteiger partial charge in [-0.3, -0.25) is 0 Å². The first kappa shape index (κ1) is 29.1. The molecule has 0 aromatic heterocycles. The van der Waals surface area contributed by atoms with E-state index in [1.807, 2.05) is 109 Å². The predicted molar refractivity (Wildman–Crippen MR) is 181 cm³/mol. The molecule has 46 heavy (non-hydrogen) atoms. The first-order chi connectivity index (χ1) is 22.6. The van der Waals surface area contributed by atoms with Crippen molar-refractivity contribution in [2.45, 2.75) is 5.41 Å². The lowest BCUT2D eigenvalue weighted by atomic mass is 9.64. The average Bonchev–Trinajstić information content (AvgIpc) is 3.11. The van der Waals surface area contributed by atoms with Crippen LogP contribution in [0, 0.1) is 17.5 Å². The Balaban J connectivity index is 1.45. The van der Waals surface area contributed by atoms with E-state index in [-0.39, 0.29) is 17.5 Å². The summed E-state index contributed by atoms with van der Waals surface area (Å²) >= 11 is 0. The van der Waals surface area contributed by atoms with Crippen LogP contribution in [0.15, 0.2) is 176 Å². The summed E-state index contributed by atoms with van der Waals surface area (Å²) in [5.74, 6) is -0.842. The quantitative estimate of drug-likeness (QED) is 0.159. The van der Waals surface area contributed by atoms with E-state index in [0.29, 0.717) is 16.7 Å². The maximum atomic E-state index is 14.8. The van der Waals surface area contributed by atoms with Crippen LogP contribution in [0.5, 0.6) is 0 Å². The van der Waals surface area contributed by atoms with E-state index in [1.165, 1.54) is 18.2 Å². The van der Waals surface area contributed by atoms with Gasteiger partial charge in [-0.2, -0.15) is 0 Å². The maximum absolute atomic E-state index is 14.8. The number of hydrogen-bond donors (Lipinski definition) is 0. The molecule has 0 bridgehead atoms. The fourth-order valence-corrected chi connectivity index (χ4v) is 6.47. The number of halogens is 3. The van der Waals surface area contributed by atoms with Crippen molar-refractivity contribution in [3.8, 4) is 33.4 Å². The highest BCUT2D eigenvalue weighted by Gasteiger charge is 2.38. The van der Waals surface area contributed by atoms with Gasteiger partial charge in [-0.15, -0.1) is 0 Å². The molecule has 0 amide bonds. The molecule has 222 valence electrons. The van der Waals surface area contributed by atoms with Gasteiger partial charge < -0.3 is 0 Å². The molecule has 0 heterocycles. The van der Waals surface area contributed by atoms with Gasteiger partial charge in [0, 0.05) is 16.7 Å². The second kappa shape index (κ2) is 12.4. The van der Waals surface area contributed by atoms with Crippen molar-refractivity contribution in [3.63, 3.8) is 0 Å². The lowest BCUT2D eigenvalue weighted by Crippen LogP contribution is -2.31. The molecule has 0 N–H and O–H groups in total. The molecule has 0 spiro atoms. The summed E-state index contributed by atoms with van der Waals surface area (Å²) in [5.41, 5.74) is 7.02. The van der Waals surface area contributed by atoms with Crippen molar-refractivity contribution < 1.29 is 13.2 Å². The largest absolute Gasteiger partial charge is 0.206 e. The van der Waals surface area contributed by atoms with Crippen LogP contribution in [0.1, 0.15) is 22.3 Å². The zero-order chi connectivity index (χ0) is 31.5. The van der Waals surface area contributed by atoms with Crippen molar-refractivity contribution >= 4 is 0 Å². The zero-order valence-corrected chi connectivity index (χ0v) is 24.9. The van der Waals surface area contributed by atoms with Crippen LogP contribution in [0.4, 0.5) is 13.2 Å². The summed E-state index contributed by atoms with van der Waals surface area (Å²) in [6.07, 6.45) is 0. The van der Waals surface area contributed by atoms with E-state index in [4.69, 9.17) is 0 Å². The lowest BCUT2D eigenvalue weighted by molar-refractivity contribution is 0.631. The minimum Gasteiger partial charge on any atom is -0.206 e. The highest BCUT2D eigenvalue weighted by molar-refractivity contribution is 5.71. The van der Waals surface area contributed by atoms with Gasteiger partial charge in [-0.25, -0.2) is 13.2 Å². The Bertz CT molecular complexity index is 1880. The molecular weight excluding hydrogens is 573 g/mol. The molecule has 0 saturated heterocycles. The molecule has 7 aromatic carbocycles. The monoisotopic (exact) mass is 602 g/mol. The summed E-state index contributed by atoms with van der Waals surface area (Å²) < 4.78 is 44.3. The average molecular weight is 603 g/mol. The van der Waals surface area contributed by atoms with Gasteiger partial charge in [0.1, 0.15) is 17.5 Å². The molecule has 0 fully saturated rings. The molecule has 7 aromatic rings. The molecule has 0 aliphatic heterocycles. The third-order valence-corrected chi connectivity index (χ3v) is 8.72. The first-order valence-electron chi connectivity index (χ1n) is 15.2. The third kappa shape index (κ3) is 5.20. The fraction of sp³-hybridized carbons (Fsp3) is 0.0233. The topological polar surface area (TPSA) is 0 Å². The van der Waals surface area contributed by atoms with Gasteiger partial charge in [-0.1, -0.05) is 158 Å². The van der Waals surface area contributed by atoms with Gasteiger partial charge in [0.25, 0.3) is 0 Å². The summed E-state index contributed by atoms with van der Waals surface area (Å²) in [4.78, 5) is 0. The van der Waals surface area contributed by atoms with Gasteiger partial charge in [-0.05, 0) is 57.1 Å². The fourth-order valence-electron chi connectivity index (χ4n) is 6.47. The van der Waals surface area contributed by atoms with Crippen LogP contribution in [-0.4, -0.2) is 0 Å². The van der Waals surface area contributed by atoms with Crippen molar-refractivity contribution in [2.24, 2.45) is 0 Å². The van der Waals surface area contributed by atoms with E-state index < -0.39 is 5.41 Å². The first-order valence-corrected chi connectivity index (χ1v) is 15.2. The molecule has 0 aliphatic carbocycles. The van der Waals surface area contributed by atoms with Gasteiger partial charge in [0.2, 0.25) is 0 Å². The summed E-state index contributed by atoms with van der Waals surface area (Å²) in [6.45, 7) is 0. The van der Waals surface area contributed by atoms with E-state index >= 15 is 0 Å². The smallest absolute Gasteiger partial charge is 0.131 e. The van der Waals surface area contributed by atoms with Crippen molar-refractivity contribution in [2.75, 3.05) is 0 Å². The van der Waals surface area contributed by atoms with E-state index in [9.17, 15) is 13.2 Å². The van der Waals surface area contributed by atoms with Gasteiger partial charge in [0.15, 0.2) is 0 Å². The Morgan fingerprint density at radius 1 is 0.261 bits per heavy atom. The van der Waals surface area contributed by atoms with E-state index in [0.717, 1.165) is 38.9 Å². The molecule has 0 unspecified atom stereocenters. The van der Waals surface area contributed by atoms with Crippen LogP contribution in [-0.2, 0) is 5.41 Å². The number of rotatable bonds is 7. The van der Waals surface area contributed by atoms with Crippen LogP contribution < -0.4 is 0 Å². The Hall–Kier alpha value is -5.67. The molecular formula is C43H29F3. The summed E-state index contributed by atoms with van der Waals surface area (Å²) in [5, 5.41) is 0. The van der Waals surface area contributed by atoms with Crippen LogP contribution in [0.2, 0.25) is 0 Å². The predicted octanol–water partition coefficient (Wildman–Crippen LogP) is 11.5. The third-order valence-electron chi connectivity index (χ3n) is 8.72. The number of hydrogen-bond acceptors (Lipinski definition) is 0. The van der Waals surface area contributed by atoms with Crippen molar-refractivity contribution in [1.29, 1.82) is 0 Å². The molecule has 0 radical (unpaired) electrons. The second-order valence-electron chi connectivity index (χ2n) is 11.3. The standard InChI is InChI=1S/C43H29F3/c44-40-15-7-4-12-37(40)30-18-24-34(25-19-30)43(33-10-2-1-3-11-33,35-26-20-31(21-27-35)38-13-5-8-16-41(38)45)36-28-22-32(23-29-36)39-14-6-9-17-42(39)46/h1-29H. The van der Waals surface area contributed by atoms with E-state index in [2.05, 4.69) is 12.1 Å². The Morgan fingerprint density at radius 3 is 0.826 bits per heavy atom. The Labute approximate surface area is 267 Å². The van der Waals surface area contributed by atoms with Crippen LogP contribution in [0.25, 0.3) is 33.4 Å². The number of benzene rings is 7. The molecule has 0 saturated carbocycles. The van der Waals surface area contributed by atoms with Crippen molar-refractivity contribution in [3.05, 3.63) is 216 Å². The molecule has 0 aliphatic rings. The highest BCUT2D eigenvalue weighted by atomic mass is 19.1. The Morgan fingerprint density at radius 2 is 0.522 bits per heavy atom. The summed E-state index contributed by atoms with van der Waals surface area (Å²) in [6, 6.07) is 54.4. The zero-order valence-electron chi connectivity index (χ0n) is 24.9. The van der Waals surface area contributed by atoms with Crippen LogP contribution >= 0.6 is 0 Å². The van der Waals surface area contributed by atoms with Gasteiger partial charge in [0.05, 0.1) is 5.41 Å².